The monoisotopic (exact) mass is 345 g/mol. The average molecular weight is 345 g/mol. The zero-order valence-electron chi connectivity index (χ0n) is 14.3. The third kappa shape index (κ3) is 4.94. The highest BCUT2D eigenvalue weighted by molar-refractivity contribution is 5.93. The molecule has 0 saturated heterocycles. The van der Waals surface area contributed by atoms with E-state index in [1.165, 1.54) is 13.0 Å². The van der Waals surface area contributed by atoms with Crippen LogP contribution in [0.3, 0.4) is 0 Å². The van der Waals surface area contributed by atoms with Crippen LogP contribution in [0.1, 0.15) is 27.2 Å². The molecule has 1 N–H and O–H groups in total. The van der Waals surface area contributed by atoms with Crippen molar-refractivity contribution in [3.05, 3.63) is 63.2 Å². The van der Waals surface area contributed by atoms with E-state index in [9.17, 15) is 14.4 Å². The highest BCUT2D eigenvalue weighted by Gasteiger charge is 2.17. The van der Waals surface area contributed by atoms with Crippen LogP contribution in [0.5, 0.6) is 5.75 Å². The van der Waals surface area contributed by atoms with E-state index in [1.54, 1.807) is 26.2 Å². The predicted molar refractivity (Wildman–Crippen MR) is 89.6 cm³/mol. The Morgan fingerprint density at radius 3 is 2.64 bits per heavy atom. The number of carbonyl (C=O) groups excluding carboxylic acids is 2. The number of hydrogen-bond acceptors (Lipinski definition) is 6. The number of ether oxygens (including phenoxy) is 2. The third-order valence-corrected chi connectivity index (χ3v) is 3.50. The molecule has 7 nitrogen and oxygen atoms in total. The predicted octanol–water partition coefficient (Wildman–Crippen LogP) is 1.74. The van der Waals surface area contributed by atoms with E-state index in [1.807, 2.05) is 12.1 Å². The molecule has 0 aliphatic heterocycles. The Hall–Kier alpha value is -3.09. The van der Waals surface area contributed by atoms with Gasteiger partial charge in [0, 0.05) is 12.6 Å². The average Bonchev–Trinajstić information content (AvgIpc) is 2.57. The molecule has 1 aromatic heterocycles. The van der Waals surface area contributed by atoms with Crippen LogP contribution < -0.4 is 15.7 Å². The Kier molecular flexibility index (Phi) is 5.94. The van der Waals surface area contributed by atoms with E-state index in [0.717, 1.165) is 5.56 Å². The van der Waals surface area contributed by atoms with Crippen LogP contribution in [0.15, 0.2) is 39.5 Å². The lowest BCUT2D eigenvalue weighted by molar-refractivity contribution is -0.124. The second-order valence-electron chi connectivity index (χ2n) is 5.38. The minimum atomic E-state index is -0.713. The quantitative estimate of drug-likeness (QED) is 0.801. The lowest BCUT2D eigenvalue weighted by atomic mass is 10.1. The molecule has 0 saturated carbocycles. The van der Waals surface area contributed by atoms with Crippen LogP contribution in [-0.2, 0) is 16.1 Å². The van der Waals surface area contributed by atoms with Gasteiger partial charge in [0.15, 0.2) is 6.61 Å². The van der Waals surface area contributed by atoms with Crippen molar-refractivity contribution in [2.45, 2.75) is 20.4 Å². The van der Waals surface area contributed by atoms with Crippen LogP contribution >= 0.6 is 0 Å². The second-order valence-corrected chi connectivity index (χ2v) is 5.38. The van der Waals surface area contributed by atoms with E-state index in [-0.39, 0.29) is 17.9 Å². The molecule has 0 unspecified atom stereocenters. The Bertz CT molecular complexity index is 813. The molecule has 0 aliphatic rings. The van der Waals surface area contributed by atoms with Gasteiger partial charge in [-0.2, -0.15) is 0 Å². The van der Waals surface area contributed by atoms with Gasteiger partial charge >= 0.3 is 11.6 Å². The SMILES string of the molecule is COc1cccc(CNC(=O)COC(=O)c2c(C)cc(=O)oc2C)c1. The Morgan fingerprint density at radius 1 is 1.20 bits per heavy atom. The molecule has 0 bridgehead atoms. The normalized spacial score (nSPS) is 10.2. The van der Waals surface area contributed by atoms with Crippen molar-refractivity contribution >= 4 is 11.9 Å². The van der Waals surface area contributed by atoms with Crippen LogP contribution in [0.4, 0.5) is 0 Å². The number of carbonyl (C=O) groups is 2. The smallest absolute Gasteiger partial charge is 0.342 e. The van der Waals surface area contributed by atoms with E-state index < -0.39 is 24.1 Å². The number of benzene rings is 1. The van der Waals surface area contributed by atoms with Crippen molar-refractivity contribution in [2.75, 3.05) is 13.7 Å². The van der Waals surface area contributed by atoms with E-state index in [4.69, 9.17) is 13.9 Å². The van der Waals surface area contributed by atoms with Gasteiger partial charge in [0.1, 0.15) is 17.1 Å². The number of rotatable bonds is 6. The molecule has 1 aromatic carbocycles. The Morgan fingerprint density at radius 2 is 1.96 bits per heavy atom. The van der Waals surface area contributed by atoms with E-state index in [2.05, 4.69) is 5.32 Å². The summed E-state index contributed by atoms with van der Waals surface area (Å²) in [7, 11) is 1.56. The first-order valence-electron chi connectivity index (χ1n) is 7.59. The minimum absolute atomic E-state index is 0.153. The zero-order valence-corrected chi connectivity index (χ0v) is 14.3. The summed E-state index contributed by atoms with van der Waals surface area (Å²) >= 11 is 0. The van der Waals surface area contributed by atoms with Crippen LogP contribution in [0, 0.1) is 13.8 Å². The summed E-state index contributed by atoms with van der Waals surface area (Å²) in [6.45, 7) is 2.95. The van der Waals surface area contributed by atoms with Gasteiger partial charge in [-0.15, -0.1) is 0 Å². The highest BCUT2D eigenvalue weighted by Crippen LogP contribution is 2.13. The van der Waals surface area contributed by atoms with Crippen molar-refractivity contribution in [3.63, 3.8) is 0 Å². The van der Waals surface area contributed by atoms with Gasteiger partial charge in [-0.3, -0.25) is 4.79 Å². The van der Waals surface area contributed by atoms with Gasteiger partial charge in [-0.1, -0.05) is 12.1 Å². The first-order chi connectivity index (χ1) is 11.9. The van der Waals surface area contributed by atoms with Gasteiger partial charge in [-0.05, 0) is 37.1 Å². The van der Waals surface area contributed by atoms with Crippen molar-refractivity contribution in [1.29, 1.82) is 0 Å². The molecule has 132 valence electrons. The Balaban J connectivity index is 1.89. The molecular weight excluding hydrogens is 326 g/mol. The fraction of sp³-hybridized carbons (Fsp3) is 0.278. The molecule has 1 heterocycles. The molecule has 2 rings (SSSR count). The van der Waals surface area contributed by atoms with Crippen LogP contribution in [-0.4, -0.2) is 25.6 Å². The molecule has 0 spiro atoms. The lowest BCUT2D eigenvalue weighted by Crippen LogP contribution is -2.28. The third-order valence-electron chi connectivity index (χ3n) is 3.50. The number of esters is 1. The number of aryl methyl sites for hydroxylation is 2. The number of hydrogen-bond donors (Lipinski definition) is 1. The summed E-state index contributed by atoms with van der Waals surface area (Å²) in [6, 6.07) is 8.45. The van der Waals surface area contributed by atoms with E-state index in [0.29, 0.717) is 11.3 Å². The molecule has 0 fully saturated rings. The summed E-state index contributed by atoms with van der Waals surface area (Å²) in [6.07, 6.45) is 0. The van der Waals surface area contributed by atoms with Gasteiger partial charge < -0.3 is 19.2 Å². The van der Waals surface area contributed by atoms with Crippen molar-refractivity contribution in [3.8, 4) is 5.75 Å². The fourth-order valence-electron chi connectivity index (χ4n) is 2.30. The molecule has 0 aliphatic carbocycles. The molecule has 25 heavy (non-hydrogen) atoms. The molecule has 7 heteroatoms. The first kappa shape index (κ1) is 18.3. The van der Waals surface area contributed by atoms with Crippen LogP contribution in [0.2, 0.25) is 0 Å². The van der Waals surface area contributed by atoms with Gasteiger partial charge in [0.05, 0.1) is 7.11 Å². The van der Waals surface area contributed by atoms with Crippen LogP contribution in [0.25, 0.3) is 0 Å². The number of amides is 1. The van der Waals surface area contributed by atoms with E-state index >= 15 is 0 Å². The molecular formula is C18H19NO6. The summed E-state index contributed by atoms with van der Waals surface area (Å²) in [5.41, 5.74) is 0.911. The largest absolute Gasteiger partial charge is 0.497 e. The second kappa shape index (κ2) is 8.14. The zero-order chi connectivity index (χ0) is 18.4. The van der Waals surface area contributed by atoms with Crippen molar-refractivity contribution < 1.29 is 23.5 Å². The topological polar surface area (TPSA) is 94.8 Å². The Labute approximate surface area is 144 Å². The maximum absolute atomic E-state index is 12.1. The molecule has 2 aromatic rings. The summed E-state index contributed by atoms with van der Waals surface area (Å²) in [5, 5.41) is 2.65. The summed E-state index contributed by atoms with van der Waals surface area (Å²) in [4.78, 5) is 35.1. The molecule has 0 radical (unpaired) electrons. The number of nitrogens with one attached hydrogen (secondary N) is 1. The maximum atomic E-state index is 12.1. The standard InChI is InChI=1S/C18H19NO6/c1-11-7-16(21)25-12(2)17(11)18(22)24-10-15(20)19-9-13-5-4-6-14(8-13)23-3/h4-8H,9-10H2,1-3H3,(H,19,20). The minimum Gasteiger partial charge on any atom is -0.497 e. The van der Waals surface area contributed by atoms with Gasteiger partial charge in [0.25, 0.3) is 5.91 Å². The van der Waals surface area contributed by atoms with Gasteiger partial charge in [0.2, 0.25) is 0 Å². The first-order valence-corrected chi connectivity index (χ1v) is 7.59. The van der Waals surface area contributed by atoms with Gasteiger partial charge in [-0.25, -0.2) is 9.59 Å². The lowest BCUT2D eigenvalue weighted by Gasteiger charge is -2.09. The molecule has 1 amide bonds. The highest BCUT2D eigenvalue weighted by atomic mass is 16.5. The fourth-order valence-corrected chi connectivity index (χ4v) is 2.30. The summed E-state index contributed by atoms with van der Waals surface area (Å²) in [5.74, 6) is -0.305. The van der Waals surface area contributed by atoms with Crippen molar-refractivity contribution in [1.82, 2.24) is 5.32 Å². The maximum Gasteiger partial charge on any atom is 0.342 e. The molecule has 0 atom stereocenters. The number of methoxy groups -OCH3 is 1. The van der Waals surface area contributed by atoms with Crippen molar-refractivity contribution in [2.24, 2.45) is 0 Å². The summed E-state index contributed by atoms with van der Waals surface area (Å²) < 4.78 is 15.0.